The van der Waals surface area contributed by atoms with Crippen LogP contribution >= 0.6 is 0 Å². The maximum Gasteiger partial charge on any atom is 0.254 e. The van der Waals surface area contributed by atoms with Crippen LogP contribution in [0.1, 0.15) is 88.6 Å². The molecule has 10 heteroatoms. The van der Waals surface area contributed by atoms with Gasteiger partial charge in [-0.15, -0.1) is 0 Å². The van der Waals surface area contributed by atoms with Crippen LogP contribution in [-0.4, -0.2) is 51.2 Å². The number of H-pyrrole nitrogens is 1. The normalized spacial score (nSPS) is 15.5. The first kappa shape index (κ1) is 34.5. The van der Waals surface area contributed by atoms with E-state index in [-0.39, 0.29) is 26.9 Å². The van der Waals surface area contributed by atoms with Gasteiger partial charge in [-0.05, 0) is 71.1 Å². The summed E-state index contributed by atoms with van der Waals surface area (Å²) in [5, 5.41) is 2.18. The van der Waals surface area contributed by atoms with E-state index >= 15 is 0 Å². The summed E-state index contributed by atoms with van der Waals surface area (Å²) in [6.07, 6.45) is 1.85. The summed E-state index contributed by atoms with van der Waals surface area (Å²) in [5.41, 5.74) is 4.15. The van der Waals surface area contributed by atoms with Crippen LogP contribution in [0.5, 0.6) is 5.75 Å². The first-order chi connectivity index (χ1) is 20.8. The zero-order valence-corrected chi connectivity index (χ0v) is 33.6. The van der Waals surface area contributed by atoms with Gasteiger partial charge in [0.25, 0.3) is 11.8 Å². The molecule has 0 bridgehead atoms. The lowest BCUT2D eigenvalue weighted by Gasteiger charge is -2.42. The minimum atomic E-state index is -2.59. The molecule has 0 saturated carbocycles. The number of carbonyl (C=O) groups excluding carboxylic acids is 2. The summed E-state index contributed by atoms with van der Waals surface area (Å²) in [5.74, 6) is 0.349. The number of carbonyl (C=O) groups is 2. The Labute approximate surface area is 277 Å². The number of pyridine rings is 1. The molecule has 0 spiro atoms. The highest BCUT2D eigenvalue weighted by molar-refractivity contribution is 6.83. The number of nitrogens with zero attached hydrogens (tertiary/aromatic N) is 2. The molecule has 2 aromatic carbocycles. The van der Waals surface area contributed by atoms with Crippen molar-refractivity contribution in [3.63, 3.8) is 0 Å². The summed E-state index contributed by atoms with van der Waals surface area (Å²) < 4.78 is 14.9. The van der Waals surface area contributed by atoms with Crippen molar-refractivity contribution in [1.29, 1.82) is 0 Å². The van der Waals surface area contributed by atoms with Crippen molar-refractivity contribution < 1.29 is 18.4 Å². The summed E-state index contributed by atoms with van der Waals surface area (Å²) in [6, 6.07) is 8.07. The molecule has 0 unspecified atom stereocenters. The maximum absolute atomic E-state index is 14.7. The van der Waals surface area contributed by atoms with Gasteiger partial charge in [0, 0.05) is 27.9 Å². The van der Waals surface area contributed by atoms with E-state index in [9.17, 15) is 9.59 Å². The Balaban J connectivity index is 1.79. The van der Waals surface area contributed by atoms with Crippen LogP contribution in [0.15, 0.2) is 30.5 Å². The van der Waals surface area contributed by atoms with E-state index in [1.807, 2.05) is 30.5 Å². The van der Waals surface area contributed by atoms with Gasteiger partial charge in [-0.3, -0.25) is 14.6 Å². The molecule has 4 aromatic rings. The summed E-state index contributed by atoms with van der Waals surface area (Å²) >= 11 is 0. The quantitative estimate of drug-likeness (QED) is 0.162. The number of aromatic nitrogens is 2. The molecular formula is C36H53N3O4Si3. The molecule has 3 heterocycles. The molecule has 1 aliphatic rings. The number of amides is 2. The zero-order chi connectivity index (χ0) is 34.6. The van der Waals surface area contributed by atoms with Crippen molar-refractivity contribution in [2.75, 3.05) is 0 Å². The molecule has 0 radical (unpaired) electrons. The SMILES string of the molecule is CC(C)(C)[Si](C)(C)OCc1cnc2c(c1)c1c(c3c4cc(O[Si](C)(C)C(C)(C)C)ccc4[nH]c23)C(=O)N([Si](C)(C)C(C)(C)C)C1=O. The summed E-state index contributed by atoms with van der Waals surface area (Å²) in [6.45, 7) is 33.3. The smallest absolute Gasteiger partial charge is 0.254 e. The van der Waals surface area contributed by atoms with Gasteiger partial charge in [-0.1, -0.05) is 75.4 Å². The number of nitrogens with one attached hydrogen (secondary N) is 1. The largest absolute Gasteiger partial charge is 0.543 e. The van der Waals surface area contributed by atoms with E-state index in [2.05, 4.69) is 107 Å². The van der Waals surface area contributed by atoms with Gasteiger partial charge in [0.1, 0.15) is 5.75 Å². The molecule has 5 rings (SSSR count). The van der Waals surface area contributed by atoms with E-state index in [0.29, 0.717) is 28.6 Å². The molecule has 0 atom stereocenters. The molecule has 1 N–H and O–H groups in total. The molecular weight excluding hydrogens is 623 g/mol. The molecule has 0 aliphatic carbocycles. The van der Waals surface area contributed by atoms with Gasteiger partial charge < -0.3 is 18.4 Å². The highest BCUT2D eigenvalue weighted by Crippen LogP contribution is 2.47. The highest BCUT2D eigenvalue weighted by Gasteiger charge is 2.52. The second kappa shape index (κ2) is 10.6. The second-order valence-corrected chi connectivity index (χ2v) is 32.3. The van der Waals surface area contributed by atoms with Crippen molar-refractivity contribution in [3.8, 4) is 5.75 Å². The van der Waals surface area contributed by atoms with Gasteiger partial charge in [0.15, 0.2) is 16.6 Å². The van der Waals surface area contributed by atoms with Crippen LogP contribution in [0.25, 0.3) is 32.7 Å². The Morgan fingerprint density at radius 1 is 0.761 bits per heavy atom. The standard InChI is InChI=1S/C36H53N3O4Si3/c1-34(2,3)44(10,11)39-32(40)28-25-18-22(21-42-45(12,13)35(4,5)6)20-37-30(25)31-27(29(28)33(39)41)24-19-23(16-17-26(24)38-31)43-46(14,15)36(7,8)9/h16-20,38H,21H2,1-15H3. The summed E-state index contributed by atoms with van der Waals surface area (Å²) in [7, 11) is -6.74. The molecule has 1 aliphatic heterocycles. The Morgan fingerprint density at radius 3 is 1.91 bits per heavy atom. The third-order valence-corrected chi connectivity index (χ3v) is 25.6. The van der Waals surface area contributed by atoms with Crippen LogP contribution < -0.4 is 4.43 Å². The number of rotatable bonds is 6. The van der Waals surface area contributed by atoms with Crippen molar-refractivity contribution in [2.24, 2.45) is 0 Å². The van der Waals surface area contributed by atoms with E-state index in [1.165, 1.54) is 0 Å². The van der Waals surface area contributed by atoms with Gasteiger partial charge >= 0.3 is 0 Å². The number of imide groups is 1. The predicted molar refractivity (Wildman–Crippen MR) is 199 cm³/mol. The highest BCUT2D eigenvalue weighted by atomic mass is 28.4. The van der Waals surface area contributed by atoms with Gasteiger partial charge in [0.05, 0.1) is 28.8 Å². The number of fused-ring (bicyclic) bond motifs is 8. The monoisotopic (exact) mass is 675 g/mol. The topological polar surface area (TPSA) is 84.5 Å². The predicted octanol–water partition coefficient (Wildman–Crippen LogP) is 10.4. The Morgan fingerprint density at radius 2 is 1.35 bits per heavy atom. The Bertz CT molecular complexity index is 1900. The third kappa shape index (κ3) is 5.38. The van der Waals surface area contributed by atoms with Crippen molar-refractivity contribution in [1.82, 2.24) is 14.5 Å². The van der Waals surface area contributed by atoms with Crippen LogP contribution in [0, 0.1) is 0 Å². The second-order valence-electron chi connectivity index (χ2n) is 17.7. The maximum atomic E-state index is 14.7. The number of aromatic amines is 1. The third-order valence-electron chi connectivity index (χ3n) is 11.5. The minimum absolute atomic E-state index is 0.0294. The van der Waals surface area contributed by atoms with Crippen molar-refractivity contribution in [2.45, 2.75) is 123 Å². The fourth-order valence-electron chi connectivity index (χ4n) is 5.43. The average molecular weight is 676 g/mol. The minimum Gasteiger partial charge on any atom is -0.543 e. The fraction of sp³-hybridized carbons (Fsp3) is 0.528. The van der Waals surface area contributed by atoms with Crippen LogP contribution in [-0.2, 0) is 11.0 Å². The van der Waals surface area contributed by atoms with Gasteiger partial charge in [-0.2, -0.15) is 0 Å². The van der Waals surface area contributed by atoms with Crippen LogP contribution in [0.3, 0.4) is 0 Å². The molecule has 0 fully saturated rings. The molecule has 248 valence electrons. The Hall–Kier alpha value is -2.80. The lowest BCUT2D eigenvalue weighted by Crippen LogP contribution is -2.57. The van der Waals surface area contributed by atoms with E-state index in [0.717, 1.165) is 33.1 Å². The summed E-state index contributed by atoms with van der Waals surface area (Å²) in [4.78, 5) is 37.8. The molecule has 46 heavy (non-hydrogen) atoms. The molecule has 0 saturated heterocycles. The van der Waals surface area contributed by atoms with Gasteiger partial charge in [0.2, 0.25) is 8.32 Å². The first-order valence-corrected chi connectivity index (χ1v) is 25.2. The fourth-order valence-corrected chi connectivity index (χ4v) is 9.32. The Kier molecular flexibility index (Phi) is 7.96. The van der Waals surface area contributed by atoms with Crippen molar-refractivity contribution in [3.05, 3.63) is 47.2 Å². The van der Waals surface area contributed by atoms with Crippen LogP contribution in [0.2, 0.25) is 54.4 Å². The number of benzene rings is 2. The van der Waals surface area contributed by atoms with E-state index in [4.69, 9.17) is 13.8 Å². The molecule has 2 amide bonds. The first-order valence-electron chi connectivity index (χ1n) is 16.4. The zero-order valence-electron chi connectivity index (χ0n) is 30.6. The lowest BCUT2D eigenvalue weighted by molar-refractivity contribution is 0.0747. The number of hydrogen-bond donors (Lipinski definition) is 1. The van der Waals surface area contributed by atoms with E-state index < -0.39 is 24.9 Å². The van der Waals surface area contributed by atoms with Crippen molar-refractivity contribution >= 4 is 69.4 Å². The molecule has 7 nitrogen and oxygen atoms in total. The van der Waals surface area contributed by atoms with E-state index in [1.54, 1.807) is 4.57 Å². The van der Waals surface area contributed by atoms with Gasteiger partial charge in [-0.25, -0.2) is 0 Å². The average Bonchev–Trinajstić information content (AvgIpc) is 3.39. The number of hydrogen-bond acceptors (Lipinski definition) is 5. The van der Waals surface area contributed by atoms with Crippen LogP contribution in [0.4, 0.5) is 0 Å². The lowest BCUT2D eigenvalue weighted by atomic mass is 9.96. The molecule has 2 aromatic heterocycles.